The first kappa shape index (κ1) is 20.2. The number of thioether (sulfide) groups is 1. The molecule has 0 aliphatic carbocycles. The molecule has 0 saturated heterocycles. The summed E-state index contributed by atoms with van der Waals surface area (Å²) in [5.41, 5.74) is 3.06. The summed E-state index contributed by atoms with van der Waals surface area (Å²) in [7, 11) is 0. The summed E-state index contributed by atoms with van der Waals surface area (Å²) in [5.74, 6) is -0.358. The van der Waals surface area contributed by atoms with Crippen LogP contribution in [-0.4, -0.2) is 22.4 Å². The van der Waals surface area contributed by atoms with Crippen molar-refractivity contribution in [3.05, 3.63) is 76.5 Å². The lowest BCUT2D eigenvalue weighted by molar-refractivity contribution is -0.115. The summed E-state index contributed by atoms with van der Waals surface area (Å²) >= 11 is 2.72. The first-order valence-corrected chi connectivity index (χ1v) is 10.7. The van der Waals surface area contributed by atoms with Crippen molar-refractivity contribution < 1.29 is 14.0 Å². The topological polar surface area (TPSA) is 59.1 Å². The van der Waals surface area contributed by atoms with Gasteiger partial charge in [-0.25, -0.2) is 9.37 Å². The highest BCUT2D eigenvalue weighted by Gasteiger charge is 2.12. The Kier molecular flexibility index (Phi) is 6.95. The smallest absolute Gasteiger partial charge is 0.230 e. The molecule has 1 heterocycles. The van der Waals surface area contributed by atoms with Crippen molar-refractivity contribution in [2.24, 2.45) is 0 Å². The molecule has 144 valence electrons. The summed E-state index contributed by atoms with van der Waals surface area (Å²) in [6, 6.07) is 13.2. The molecular formula is C21H19FN2O2S2. The molecule has 7 heteroatoms. The number of amides is 1. The number of para-hydroxylation sites is 1. The van der Waals surface area contributed by atoms with Crippen LogP contribution in [0, 0.1) is 5.82 Å². The Morgan fingerprint density at radius 1 is 1.14 bits per heavy atom. The zero-order valence-corrected chi connectivity index (χ0v) is 16.9. The van der Waals surface area contributed by atoms with Crippen LogP contribution in [0.25, 0.3) is 0 Å². The number of carbonyl (C=O) groups is 2. The summed E-state index contributed by atoms with van der Waals surface area (Å²) < 4.78 is 13.7. The molecule has 0 aliphatic rings. The van der Waals surface area contributed by atoms with Gasteiger partial charge in [0.25, 0.3) is 0 Å². The number of halogens is 1. The third-order valence-corrected chi connectivity index (χ3v) is 6.11. The second-order valence-electron chi connectivity index (χ2n) is 6.06. The molecule has 3 aromatic rings. The molecule has 0 atom stereocenters. The van der Waals surface area contributed by atoms with Crippen LogP contribution in [0.5, 0.6) is 0 Å². The molecule has 3 rings (SSSR count). The molecule has 1 amide bonds. The number of hydrogen-bond acceptors (Lipinski definition) is 5. The first-order valence-electron chi connectivity index (χ1n) is 8.79. The Bertz CT molecular complexity index is 971. The predicted molar refractivity (Wildman–Crippen MR) is 112 cm³/mol. The van der Waals surface area contributed by atoms with Crippen molar-refractivity contribution in [3.8, 4) is 0 Å². The lowest BCUT2D eigenvalue weighted by Crippen LogP contribution is -2.15. The van der Waals surface area contributed by atoms with E-state index in [1.165, 1.54) is 47.4 Å². The minimum Gasteiger partial charge on any atom is -0.325 e. The van der Waals surface area contributed by atoms with E-state index in [0.717, 1.165) is 22.0 Å². The first-order chi connectivity index (χ1) is 13.5. The van der Waals surface area contributed by atoms with Crippen LogP contribution in [-0.2, 0) is 17.6 Å². The van der Waals surface area contributed by atoms with E-state index in [9.17, 15) is 14.0 Å². The molecule has 4 nitrogen and oxygen atoms in total. The van der Waals surface area contributed by atoms with Crippen molar-refractivity contribution in [2.45, 2.75) is 24.1 Å². The van der Waals surface area contributed by atoms with Crippen molar-refractivity contribution in [3.63, 3.8) is 0 Å². The summed E-state index contributed by atoms with van der Waals surface area (Å²) in [4.78, 5) is 28.9. The highest BCUT2D eigenvalue weighted by atomic mass is 32.2. The van der Waals surface area contributed by atoms with Crippen molar-refractivity contribution in [1.82, 2.24) is 4.98 Å². The molecule has 0 bridgehead atoms. The van der Waals surface area contributed by atoms with E-state index in [2.05, 4.69) is 10.3 Å². The Morgan fingerprint density at radius 2 is 1.89 bits per heavy atom. The lowest BCUT2D eigenvalue weighted by Gasteiger charge is -2.08. The Hall–Kier alpha value is -2.51. The summed E-state index contributed by atoms with van der Waals surface area (Å²) in [5, 5.41) is 4.76. The second kappa shape index (κ2) is 9.61. The van der Waals surface area contributed by atoms with Crippen LogP contribution in [0.15, 0.2) is 58.3 Å². The number of ketones is 1. The van der Waals surface area contributed by atoms with Crippen molar-refractivity contribution in [2.75, 3.05) is 11.1 Å². The van der Waals surface area contributed by atoms with E-state index >= 15 is 0 Å². The van der Waals surface area contributed by atoms with Crippen LogP contribution in [0.4, 0.5) is 10.1 Å². The second-order valence-corrected chi connectivity index (χ2v) is 8.14. The van der Waals surface area contributed by atoms with Crippen LogP contribution < -0.4 is 5.32 Å². The van der Waals surface area contributed by atoms with Crippen LogP contribution in [0.2, 0.25) is 0 Å². The maximum absolute atomic E-state index is 12.9. The van der Waals surface area contributed by atoms with Gasteiger partial charge in [-0.1, -0.05) is 36.9 Å². The maximum atomic E-state index is 12.9. The average Bonchev–Trinajstić information content (AvgIpc) is 3.14. The molecule has 1 N–H and O–H groups in total. The molecule has 0 unspecified atom stereocenters. The molecule has 28 heavy (non-hydrogen) atoms. The summed E-state index contributed by atoms with van der Waals surface area (Å²) in [6.45, 7) is 2.04. The standard InChI is InChI=1S/C21H19FN2O2S2/c1-2-14-5-3-4-6-18(14)24-20(26)11-17-12-27-21(23-17)28-13-19(25)15-7-9-16(22)10-8-15/h3-10,12H,2,11,13H2,1H3,(H,24,26). The normalized spacial score (nSPS) is 10.6. The number of aryl methyl sites for hydroxylation is 1. The zero-order chi connectivity index (χ0) is 19.9. The third kappa shape index (κ3) is 5.50. The number of hydrogen-bond donors (Lipinski definition) is 1. The predicted octanol–water partition coefficient (Wildman–Crippen LogP) is 5.00. The fourth-order valence-electron chi connectivity index (χ4n) is 2.59. The summed E-state index contributed by atoms with van der Waals surface area (Å²) in [6.07, 6.45) is 1.02. The quantitative estimate of drug-likeness (QED) is 0.416. The Balaban J connectivity index is 1.53. The van der Waals surface area contributed by atoms with Gasteiger partial charge >= 0.3 is 0 Å². The molecule has 0 radical (unpaired) electrons. The fourth-order valence-corrected chi connectivity index (χ4v) is 4.33. The van der Waals surface area contributed by atoms with Crippen LogP contribution in [0.3, 0.4) is 0 Å². The van der Waals surface area contributed by atoms with Gasteiger partial charge < -0.3 is 5.32 Å². The van der Waals surface area contributed by atoms with E-state index in [1.54, 1.807) is 0 Å². The number of rotatable bonds is 8. The van der Waals surface area contributed by atoms with Crippen molar-refractivity contribution in [1.29, 1.82) is 0 Å². The molecular weight excluding hydrogens is 395 g/mol. The monoisotopic (exact) mass is 414 g/mol. The largest absolute Gasteiger partial charge is 0.325 e. The highest BCUT2D eigenvalue weighted by Crippen LogP contribution is 2.24. The molecule has 2 aromatic carbocycles. The lowest BCUT2D eigenvalue weighted by atomic mass is 10.1. The van der Waals surface area contributed by atoms with Gasteiger partial charge in [0.2, 0.25) is 5.91 Å². The van der Waals surface area contributed by atoms with Gasteiger partial charge in [0, 0.05) is 16.6 Å². The number of thiazole rings is 1. The number of carbonyl (C=O) groups excluding carboxylic acids is 2. The highest BCUT2D eigenvalue weighted by molar-refractivity contribution is 8.01. The number of benzene rings is 2. The van der Waals surface area contributed by atoms with Gasteiger partial charge in [-0.3, -0.25) is 9.59 Å². The third-order valence-electron chi connectivity index (χ3n) is 4.04. The number of anilines is 1. The average molecular weight is 415 g/mol. The number of Topliss-reactive ketones (excluding diaryl/α,β-unsaturated/α-hetero) is 1. The van der Waals surface area contributed by atoms with E-state index in [1.807, 2.05) is 36.6 Å². The van der Waals surface area contributed by atoms with Crippen LogP contribution >= 0.6 is 23.1 Å². The van der Waals surface area contributed by atoms with Crippen LogP contribution in [0.1, 0.15) is 28.5 Å². The number of nitrogens with zero attached hydrogens (tertiary/aromatic N) is 1. The van der Waals surface area contributed by atoms with Gasteiger partial charge in [0.15, 0.2) is 10.1 Å². The van der Waals surface area contributed by atoms with E-state index in [4.69, 9.17) is 0 Å². The number of aromatic nitrogens is 1. The Morgan fingerprint density at radius 3 is 2.64 bits per heavy atom. The number of nitrogens with one attached hydrogen (secondary N) is 1. The van der Waals surface area contributed by atoms with Gasteiger partial charge in [0.05, 0.1) is 17.9 Å². The van der Waals surface area contributed by atoms with E-state index < -0.39 is 0 Å². The molecule has 0 fully saturated rings. The molecule has 0 saturated carbocycles. The minimum absolute atomic E-state index is 0.0873. The van der Waals surface area contributed by atoms with Crippen molar-refractivity contribution >= 4 is 40.5 Å². The fraction of sp³-hybridized carbons (Fsp3) is 0.190. The van der Waals surface area contributed by atoms with Gasteiger partial charge in [-0.05, 0) is 42.3 Å². The SMILES string of the molecule is CCc1ccccc1NC(=O)Cc1csc(SCC(=O)c2ccc(F)cc2)n1. The van der Waals surface area contributed by atoms with Gasteiger partial charge in [-0.15, -0.1) is 11.3 Å². The Labute approximate surface area is 171 Å². The minimum atomic E-state index is -0.367. The van der Waals surface area contributed by atoms with Gasteiger partial charge in [-0.2, -0.15) is 0 Å². The zero-order valence-electron chi connectivity index (χ0n) is 15.3. The van der Waals surface area contributed by atoms with E-state index in [0.29, 0.717) is 11.3 Å². The molecule has 0 spiro atoms. The maximum Gasteiger partial charge on any atom is 0.230 e. The molecule has 0 aliphatic heterocycles. The van der Waals surface area contributed by atoms with Gasteiger partial charge in [0.1, 0.15) is 5.82 Å². The molecule has 1 aromatic heterocycles. The van der Waals surface area contributed by atoms with E-state index in [-0.39, 0.29) is 29.7 Å².